The highest BCUT2D eigenvalue weighted by molar-refractivity contribution is 7.99. The van der Waals surface area contributed by atoms with Crippen LogP contribution in [0.1, 0.15) is 0 Å². The number of anilines is 1. The molecule has 6 nitrogen and oxygen atoms in total. The zero-order valence-corrected chi connectivity index (χ0v) is 12.7. The molecule has 0 aliphatic rings. The Balaban J connectivity index is 1.99. The summed E-state index contributed by atoms with van der Waals surface area (Å²) in [4.78, 5) is 29.0. The van der Waals surface area contributed by atoms with Crippen molar-refractivity contribution in [3.05, 3.63) is 44.7 Å². The van der Waals surface area contributed by atoms with Gasteiger partial charge in [0.25, 0.3) is 5.56 Å². The van der Waals surface area contributed by atoms with Crippen molar-refractivity contribution in [3.8, 4) is 5.88 Å². The number of aromatic nitrogens is 2. The Labute approximate surface area is 133 Å². The predicted octanol–water partition coefficient (Wildman–Crippen LogP) is 2.51. The first-order valence-electron chi connectivity index (χ1n) is 5.62. The van der Waals surface area contributed by atoms with Crippen molar-refractivity contribution in [2.45, 2.75) is 5.16 Å². The maximum Gasteiger partial charge on any atom is 0.255 e. The molecule has 0 atom stereocenters. The summed E-state index contributed by atoms with van der Waals surface area (Å²) >= 11 is 12.8. The van der Waals surface area contributed by atoms with E-state index in [1.54, 1.807) is 18.2 Å². The first-order chi connectivity index (χ1) is 9.95. The fraction of sp³-hybridized carbons (Fsp3) is 0.0833. The predicted molar refractivity (Wildman–Crippen MR) is 82.3 cm³/mol. The molecule has 21 heavy (non-hydrogen) atoms. The van der Waals surface area contributed by atoms with Crippen LogP contribution in [0.4, 0.5) is 5.69 Å². The number of H-pyrrole nitrogens is 1. The summed E-state index contributed by atoms with van der Waals surface area (Å²) in [5, 5.41) is 12.5. The van der Waals surface area contributed by atoms with E-state index >= 15 is 0 Å². The molecule has 0 unspecified atom stereocenters. The van der Waals surface area contributed by atoms with Crippen molar-refractivity contribution in [2.75, 3.05) is 11.1 Å². The van der Waals surface area contributed by atoms with Gasteiger partial charge in [0.1, 0.15) is 0 Å². The van der Waals surface area contributed by atoms with E-state index in [4.69, 9.17) is 23.2 Å². The highest BCUT2D eigenvalue weighted by Gasteiger charge is 2.10. The molecule has 0 spiro atoms. The average Bonchev–Trinajstić information content (AvgIpc) is 2.41. The van der Waals surface area contributed by atoms with Crippen LogP contribution in [0.15, 0.2) is 34.2 Å². The Kier molecular flexibility index (Phi) is 5.11. The third-order valence-corrected chi connectivity index (χ3v) is 3.96. The molecule has 1 heterocycles. The number of benzene rings is 1. The van der Waals surface area contributed by atoms with E-state index in [1.165, 1.54) is 0 Å². The number of carbonyl (C=O) groups is 1. The lowest BCUT2D eigenvalue weighted by atomic mass is 10.3. The SMILES string of the molecule is O=C(CSc1nc(O)cc(=O)[nH]1)Nc1cccc(Cl)c1Cl. The van der Waals surface area contributed by atoms with Crippen LogP contribution in [0.5, 0.6) is 5.88 Å². The summed E-state index contributed by atoms with van der Waals surface area (Å²) in [5.41, 5.74) is -0.101. The van der Waals surface area contributed by atoms with Gasteiger partial charge < -0.3 is 15.4 Å². The summed E-state index contributed by atoms with van der Waals surface area (Å²) in [5.74, 6) is -0.774. The van der Waals surface area contributed by atoms with Crippen LogP contribution in [-0.2, 0) is 4.79 Å². The highest BCUT2D eigenvalue weighted by Crippen LogP contribution is 2.29. The first kappa shape index (κ1) is 15.7. The lowest BCUT2D eigenvalue weighted by molar-refractivity contribution is -0.113. The summed E-state index contributed by atoms with van der Waals surface area (Å²) < 4.78 is 0. The minimum Gasteiger partial charge on any atom is -0.493 e. The van der Waals surface area contributed by atoms with Gasteiger partial charge in [-0.3, -0.25) is 9.59 Å². The number of aromatic amines is 1. The topological polar surface area (TPSA) is 95.1 Å². The molecule has 0 aliphatic carbocycles. The largest absolute Gasteiger partial charge is 0.493 e. The maximum atomic E-state index is 11.8. The van der Waals surface area contributed by atoms with Crippen molar-refractivity contribution >= 4 is 46.6 Å². The molecule has 2 rings (SSSR count). The van der Waals surface area contributed by atoms with E-state index in [9.17, 15) is 14.7 Å². The highest BCUT2D eigenvalue weighted by atomic mass is 35.5. The fourth-order valence-electron chi connectivity index (χ4n) is 1.41. The Morgan fingerprint density at radius 2 is 2.19 bits per heavy atom. The van der Waals surface area contributed by atoms with E-state index in [0.717, 1.165) is 17.8 Å². The van der Waals surface area contributed by atoms with E-state index in [2.05, 4.69) is 15.3 Å². The molecule has 3 N–H and O–H groups in total. The third kappa shape index (κ3) is 4.38. The van der Waals surface area contributed by atoms with Gasteiger partial charge in [0.05, 0.1) is 27.6 Å². The number of hydrogen-bond donors (Lipinski definition) is 3. The van der Waals surface area contributed by atoms with Crippen LogP contribution in [-0.4, -0.2) is 26.7 Å². The molecular weight excluding hydrogens is 337 g/mol. The second-order valence-corrected chi connectivity index (χ2v) is 5.60. The zero-order valence-electron chi connectivity index (χ0n) is 10.4. The molecule has 0 aliphatic heterocycles. The summed E-state index contributed by atoms with van der Waals surface area (Å²) in [7, 11) is 0. The number of rotatable bonds is 4. The van der Waals surface area contributed by atoms with Crippen LogP contribution in [0.3, 0.4) is 0 Å². The molecule has 0 saturated carbocycles. The molecule has 0 fully saturated rings. The lowest BCUT2D eigenvalue weighted by Gasteiger charge is -2.07. The van der Waals surface area contributed by atoms with Crippen molar-refractivity contribution in [1.82, 2.24) is 9.97 Å². The Bertz CT molecular complexity index is 736. The van der Waals surface area contributed by atoms with E-state index in [1.807, 2.05) is 0 Å². The van der Waals surface area contributed by atoms with Crippen molar-refractivity contribution < 1.29 is 9.90 Å². The van der Waals surface area contributed by atoms with Crippen LogP contribution < -0.4 is 10.9 Å². The summed E-state index contributed by atoms with van der Waals surface area (Å²) in [6.07, 6.45) is 0. The van der Waals surface area contributed by atoms with Crippen molar-refractivity contribution in [3.63, 3.8) is 0 Å². The van der Waals surface area contributed by atoms with Crippen LogP contribution >= 0.6 is 35.0 Å². The summed E-state index contributed by atoms with van der Waals surface area (Å²) in [6, 6.07) is 5.82. The molecule has 1 aromatic carbocycles. The minimum atomic E-state index is -0.497. The van der Waals surface area contributed by atoms with Crippen LogP contribution in [0.25, 0.3) is 0 Å². The van der Waals surface area contributed by atoms with Crippen LogP contribution in [0.2, 0.25) is 10.0 Å². The van der Waals surface area contributed by atoms with Crippen molar-refractivity contribution in [1.29, 1.82) is 0 Å². The maximum absolute atomic E-state index is 11.8. The molecule has 0 saturated heterocycles. The number of nitrogens with zero attached hydrogens (tertiary/aromatic N) is 1. The minimum absolute atomic E-state index is 0.0186. The van der Waals surface area contributed by atoms with E-state index in [-0.39, 0.29) is 21.8 Å². The fourth-order valence-corrected chi connectivity index (χ4v) is 2.43. The van der Waals surface area contributed by atoms with Gasteiger partial charge in [-0.1, -0.05) is 41.0 Å². The molecule has 0 radical (unpaired) electrons. The van der Waals surface area contributed by atoms with Gasteiger partial charge in [-0.25, -0.2) is 0 Å². The summed E-state index contributed by atoms with van der Waals surface area (Å²) in [6.45, 7) is 0. The monoisotopic (exact) mass is 345 g/mol. The molecular formula is C12H9Cl2N3O3S. The van der Waals surface area contributed by atoms with Crippen molar-refractivity contribution in [2.24, 2.45) is 0 Å². The quantitative estimate of drug-likeness (QED) is 0.584. The number of hydrogen-bond acceptors (Lipinski definition) is 5. The molecule has 110 valence electrons. The first-order valence-corrected chi connectivity index (χ1v) is 7.37. The van der Waals surface area contributed by atoms with Gasteiger partial charge in [-0.2, -0.15) is 4.98 Å². The number of amides is 1. The Morgan fingerprint density at radius 3 is 2.90 bits per heavy atom. The number of thioether (sulfide) groups is 1. The van der Waals surface area contributed by atoms with Gasteiger partial charge in [0.15, 0.2) is 5.16 Å². The van der Waals surface area contributed by atoms with Gasteiger partial charge in [-0.15, -0.1) is 0 Å². The zero-order chi connectivity index (χ0) is 15.4. The number of nitrogens with one attached hydrogen (secondary N) is 2. The number of aromatic hydroxyl groups is 1. The lowest BCUT2D eigenvalue weighted by Crippen LogP contribution is -2.15. The smallest absolute Gasteiger partial charge is 0.255 e. The van der Waals surface area contributed by atoms with Gasteiger partial charge in [0, 0.05) is 0 Å². The standard InChI is InChI=1S/C12H9Cl2N3O3S/c13-6-2-1-3-7(11(6)14)15-10(20)5-21-12-16-8(18)4-9(19)17-12/h1-4H,5H2,(H,15,20)(H2,16,17,18,19). The third-order valence-electron chi connectivity index (χ3n) is 2.27. The van der Waals surface area contributed by atoms with Gasteiger partial charge >= 0.3 is 0 Å². The molecule has 0 bridgehead atoms. The van der Waals surface area contributed by atoms with Gasteiger partial charge in [-0.05, 0) is 12.1 Å². The second-order valence-electron chi connectivity index (χ2n) is 3.85. The second kappa shape index (κ2) is 6.84. The average molecular weight is 346 g/mol. The molecule has 2 aromatic rings. The molecule has 1 amide bonds. The number of halogens is 2. The number of carbonyl (C=O) groups excluding carboxylic acids is 1. The van der Waals surface area contributed by atoms with E-state index < -0.39 is 11.4 Å². The molecule has 1 aromatic heterocycles. The van der Waals surface area contributed by atoms with Crippen LogP contribution in [0, 0.1) is 0 Å². The molecule has 9 heteroatoms. The Hall–Kier alpha value is -1.70. The Morgan fingerprint density at radius 1 is 1.43 bits per heavy atom. The van der Waals surface area contributed by atoms with Gasteiger partial charge in [0.2, 0.25) is 11.8 Å². The van der Waals surface area contributed by atoms with E-state index in [0.29, 0.717) is 10.7 Å². The normalized spacial score (nSPS) is 10.4.